The molecule has 0 radical (unpaired) electrons. The van der Waals surface area contributed by atoms with E-state index < -0.39 is 5.95 Å². The fraction of sp³-hybridized carbons (Fsp3) is 0.154. The molecule has 16 heavy (non-hydrogen) atoms. The van der Waals surface area contributed by atoms with Gasteiger partial charge in [0, 0.05) is 12.7 Å². The van der Waals surface area contributed by atoms with Gasteiger partial charge in [0.1, 0.15) is 5.82 Å². The van der Waals surface area contributed by atoms with Crippen LogP contribution in [0, 0.1) is 12.9 Å². The van der Waals surface area contributed by atoms with Crippen LogP contribution >= 0.6 is 0 Å². The molecule has 0 N–H and O–H groups in total. The molecule has 0 amide bonds. The molecule has 0 unspecified atom stereocenters. The van der Waals surface area contributed by atoms with Gasteiger partial charge in [0.2, 0.25) is 5.95 Å². The number of aryl methyl sites for hydroxylation is 1. The van der Waals surface area contributed by atoms with Crippen LogP contribution in [0.1, 0.15) is 5.56 Å². The number of halogens is 1. The Kier molecular flexibility index (Phi) is 2.86. The highest BCUT2D eigenvalue weighted by molar-refractivity contribution is 5.62. The van der Waals surface area contributed by atoms with E-state index in [1.54, 1.807) is 12.1 Å². The summed E-state index contributed by atoms with van der Waals surface area (Å²) in [6.45, 7) is 2.02. The summed E-state index contributed by atoms with van der Waals surface area (Å²) in [6.07, 6.45) is 0. The van der Waals surface area contributed by atoms with Gasteiger partial charge < -0.3 is 4.90 Å². The molecular weight excluding hydrogens is 203 g/mol. The van der Waals surface area contributed by atoms with Crippen molar-refractivity contribution in [2.45, 2.75) is 6.92 Å². The molecule has 0 saturated carbocycles. The van der Waals surface area contributed by atoms with Gasteiger partial charge in [0.05, 0.1) is 0 Å². The van der Waals surface area contributed by atoms with E-state index in [9.17, 15) is 4.39 Å². The monoisotopic (exact) mass is 216 g/mol. The number of para-hydroxylation sites is 1. The number of benzene rings is 1. The molecule has 2 rings (SSSR count). The first-order valence-corrected chi connectivity index (χ1v) is 5.10. The zero-order chi connectivity index (χ0) is 11.5. The summed E-state index contributed by atoms with van der Waals surface area (Å²) in [5.74, 6) is 0.146. The van der Waals surface area contributed by atoms with Crippen LogP contribution in [0.2, 0.25) is 0 Å². The molecule has 0 aliphatic carbocycles. The fourth-order valence-electron chi connectivity index (χ4n) is 1.65. The summed E-state index contributed by atoms with van der Waals surface area (Å²) in [6, 6.07) is 12.7. The highest BCUT2D eigenvalue weighted by Gasteiger charge is 2.07. The van der Waals surface area contributed by atoms with E-state index in [2.05, 4.69) is 4.98 Å². The largest absolute Gasteiger partial charge is 0.329 e. The Morgan fingerprint density at radius 1 is 1.06 bits per heavy atom. The average Bonchev–Trinajstić information content (AvgIpc) is 2.29. The lowest BCUT2D eigenvalue weighted by atomic mass is 10.2. The van der Waals surface area contributed by atoms with E-state index in [4.69, 9.17) is 0 Å². The molecule has 82 valence electrons. The van der Waals surface area contributed by atoms with E-state index in [-0.39, 0.29) is 0 Å². The Balaban J connectivity index is 2.39. The number of hydrogen-bond acceptors (Lipinski definition) is 2. The molecule has 0 spiro atoms. The minimum atomic E-state index is -0.460. The van der Waals surface area contributed by atoms with Crippen LogP contribution in [-0.4, -0.2) is 12.0 Å². The average molecular weight is 216 g/mol. The summed E-state index contributed by atoms with van der Waals surface area (Å²) in [5.41, 5.74) is 2.16. The van der Waals surface area contributed by atoms with Gasteiger partial charge in [-0.3, -0.25) is 0 Å². The van der Waals surface area contributed by atoms with Crippen molar-refractivity contribution in [2.24, 2.45) is 0 Å². The number of hydrogen-bond donors (Lipinski definition) is 0. The molecule has 1 heterocycles. The number of rotatable bonds is 2. The molecule has 1 aromatic carbocycles. The lowest BCUT2D eigenvalue weighted by molar-refractivity contribution is 0.584. The molecule has 2 nitrogen and oxygen atoms in total. The van der Waals surface area contributed by atoms with Crippen LogP contribution in [0.4, 0.5) is 15.9 Å². The standard InChI is InChI=1S/C13H13FN2/c1-10-6-3-4-7-11(10)16(2)13-9-5-8-12(14)15-13/h3-9H,1-2H3. The van der Waals surface area contributed by atoms with Gasteiger partial charge in [-0.05, 0) is 30.7 Å². The van der Waals surface area contributed by atoms with E-state index in [1.165, 1.54) is 6.07 Å². The third-order valence-electron chi connectivity index (χ3n) is 2.52. The third-order valence-corrected chi connectivity index (χ3v) is 2.52. The number of pyridine rings is 1. The van der Waals surface area contributed by atoms with Crippen LogP contribution in [0.15, 0.2) is 42.5 Å². The molecule has 0 aliphatic heterocycles. The topological polar surface area (TPSA) is 16.1 Å². The zero-order valence-electron chi connectivity index (χ0n) is 9.31. The van der Waals surface area contributed by atoms with Crippen LogP contribution in [0.25, 0.3) is 0 Å². The quantitative estimate of drug-likeness (QED) is 0.716. The highest BCUT2D eigenvalue weighted by Crippen LogP contribution is 2.24. The molecule has 0 fully saturated rings. The summed E-state index contributed by atoms with van der Waals surface area (Å²) in [7, 11) is 1.88. The van der Waals surface area contributed by atoms with Gasteiger partial charge in [0.25, 0.3) is 0 Å². The number of nitrogens with zero attached hydrogens (tertiary/aromatic N) is 2. The predicted octanol–water partition coefficient (Wildman–Crippen LogP) is 3.30. The molecule has 2 aromatic rings. The van der Waals surface area contributed by atoms with Crippen LogP contribution in [0.3, 0.4) is 0 Å². The summed E-state index contributed by atoms with van der Waals surface area (Å²) in [4.78, 5) is 5.72. The molecule has 1 aromatic heterocycles. The molecule has 0 saturated heterocycles. The first kappa shape index (κ1) is 10.6. The number of anilines is 2. The molecule has 0 aliphatic rings. The van der Waals surface area contributed by atoms with Gasteiger partial charge in [-0.15, -0.1) is 0 Å². The maximum Gasteiger partial charge on any atom is 0.214 e. The summed E-state index contributed by atoms with van der Waals surface area (Å²) in [5, 5.41) is 0. The van der Waals surface area contributed by atoms with E-state index in [0.29, 0.717) is 5.82 Å². The predicted molar refractivity (Wildman–Crippen MR) is 63.4 cm³/mol. The van der Waals surface area contributed by atoms with Gasteiger partial charge >= 0.3 is 0 Å². The zero-order valence-corrected chi connectivity index (χ0v) is 9.31. The maximum absolute atomic E-state index is 13.0. The molecule has 0 atom stereocenters. The summed E-state index contributed by atoms with van der Waals surface area (Å²) >= 11 is 0. The van der Waals surface area contributed by atoms with Crippen molar-refractivity contribution in [1.82, 2.24) is 4.98 Å². The normalized spacial score (nSPS) is 10.2. The lowest BCUT2D eigenvalue weighted by Crippen LogP contribution is -2.12. The van der Waals surface area contributed by atoms with E-state index in [1.807, 2.05) is 43.1 Å². The Hall–Kier alpha value is -1.90. The second-order valence-corrected chi connectivity index (χ2v) is 3.66. The molecule has 3 heteroatoms. The number of aromatic nitrogens is 1. The second kappa shape index (κ2) is 4.31. The van der Waals surface area contributed by atoms with E-state index >= 15 is 0 Å². The minimum Gasteiger partial charge on any atom is -0.329 e. The molecular formula is C13H13FN2. The van der Waals surface area contributed by atoms with Crippen molar-refractivity contribution in [3.63, 3.8) is 0 Å². The van der Waals surface area contributed by atoms with Crippen molar-refractivity contribution >= 4 is 11.5 Å². The lowest BCUT2D eigenvalue weighted by Gasteiger charge is -2.20. The van der Waals surface area contributed by atoms with Crippen molar-refractivity contribution in [3.8, 4) is 0 Å². The minimum absolute atomic E-state index is 0.460. The SMILES string of the molecule is Cc1ccccc1N(C)c1cccc(F)n1. The first-order chi connectivity index (χ1) is 7.68. The fourth-order valence-corrected chi connectivity index (χ4v) is 1.65. The van der Waals surface area contributed by atoms with Gasteiger partial charge in [-0.25, -0.2) is 4.98 Å². The Labute approximate surface area is 94.4 Å². The second-order valence-electron chi connectivity index (χ2n) is 3.66. The van der Waals surface area contributed by atoms with E-state index in [0.717, 1.165) is 11.3 Å². The maximum atomic E-state index is 13.0. The summed E-state index contributed by atoms with van der Waals surface area (Å²) < 4.78 is 13.0. The van der Waals surface area contributed by atoms with Gasteiger partial charge in [-0.1, -0.05) is 24.3 Å². The van der Waals surface area contributed by atoms with Crippen LogP contribution in [-0.2, 0) is 0 Å². The first-order valence-electron chi connectivity index (χ1n) is 5.10. The Morgan fingerprint density at radius 2 is 1.81 bits per heavy atom. The van der Waals surface area contributed by atoms with Crippen molar-refractivity contribution in [2.75, 3.05) is 11.9 Å². The van der Waals surface area contributed by atoms with Crippen molar-refractivity contribution in [3.05, 3.63) is 54.0 Å². The van der Waals surface area contributed by atoms with Gasteiger partial charge in [-0.2, -0.15) is 4.39 Å². The van der Waals surface area contributed by atoms with Crippen LogP contribution in [0.5, 0.6) is 0 Å². The van der Waals surface area contributed by atoms with Gasteiger partial charge in [0.15, 0.2) is 0 Å². The van der Waals surface area contributed by atoms with Crippen LogP contribution < -0.4 is 4.90 Å². The third kappa shape index (κ3) is 2.03. The Bertz CT molecular complexity index is 497. The van der Waals surface area contributed by atoms with Crippen molar-refractivity contribution < 1.29 is 4.39 Å². The smallest absolute Gasteiger partial charge is 0.214 e. The molecule has 0 bridgehead atoms. The Morgan fingerprint density at radius 3 is 2.50 bits per heavy atom. The van der Waals surface area contributed by atoms with Crippen molar-refractivity contribution in [1.29, 1.82) is 0 Å². The highest BCUT2D eigenvalue weighted by atomic mass is 19.1.